The Morgan fingerprint density at radius 2 is 0.926 bits per heavy atom. The molecule has 0 fully saturated rings. The minimum Gasteiger partial charge on any atom is -0.456 e. The lowest BCUT2D eigenvalue weighted by Crippen LogP contribution is -2.01. The topological polar surface area (TPSA) is 56.7 Å². The van der Waals surface area contributed by atoms with Crippen LogP contribution in [-0.2, 0) is 0 Å². The van der Waals surface area contributed by atoms with Crippen molar-refractivity contribution in [2.75, 3.05) is 0 Å². The van der Waals surface area contributed by atoms with Crippen molar-refractivity contribution in [2.24, 2.45) is 0 Å². The van der Waals surface area contributed by atoms with Crippen molar-refractivity contribution >= 4 is 54.5 Å². The highest BCUT2D eigenvalue weighted by Gasteiger charge is 2.17. The van der Waals surface area contributed by atoms with E-state index in [2.05, 4.69) is 156 Å². The quantitative estimate of drug-likeness (QED) is 0.180. The van der Waals surface area contributed by atoms with Crippen LogP contribution in [0.5, 0.6) is 0 Å². The summed E-state index contributed by atoms with van der Waals surface area (Å²) in [4.78, 5) is 15.3. The molecule has 0 saturated heterocycles. The maximum Gasteiger partial charge on any atom is 0.164 e. The summed E-state index contributed by atoms with van der Waals surface area (Å²) in [6.45, 7) is 0. The van der Waals surface area contributed by atoms with Crippen LogP contribution in [0.15, 0.2) is 186 Å². The van der Waals surface area contributed by atoms with Crippen molar-refractivity contribution in [3.05, 3.63) is 182 Å². The summed E-state index contributed by atoms with van der Waals surface area (Å²) in [5, 5.41) is 7.07. The van der Waals surface area contributed by atoms with Crippen LogP contribution in [-0.4, -0.2) is 19.5 Å². The largest absolute Gasteiger partial charge is 0.456 e. The molecule has 0 amide bonds. The third kappa shape index (κ3) is 4.98. The van der Waals surface area contributed by atoms with Gasteiger partial charge in [0.2, 0.25) is 0 Å². The van der Waals surface area contributed by atoms with Crippen LogP contribution < -0.4 is 0 Å². The zero-order valence-corrected chi connectivity index (χ0v) is 29.0. The third-order valence-electron chi connectivity index (χ3n) is 10.4. The van der Waals surface area contributed by atoms with Gasteiger partial charge in [-0.05, 0) is 88.6 Å². The molecule has 0 aliphatic rings. The minimum atomic E-state index is 0.584. The summed E-state index contributed by atoms with van der Waals surface area (Å²) in [5.41, 5.74) is 9.98. The molecule has 0 atom stereocenters. The van der Waals surface area contributed by atoms with E-state index in [1.807, 2.05) is 30.3 Å². The second-order valence-electron chi connectivity index (χ2n) is 13.7. The van der Waals surface area contributed by atoms with Gasteiger partial charge in [0, 0.05) is 43.9 Å². The summed E-state index contributed by atoms with van der Waals surface area (Å²) in [6, 6.07) is 63.4. The molecule has 0 radical (unpaired) electrons. The second-order valence-corrected chi connectivity index (χ2v) is 13.7. The van der Waals surface area contributed by atoms with Gasteiger partial charge in [0.25, 0.3) is 0 Å². The van der Waals surface area contributed by atoms with Gasteiger partial charge >= 0.3 is 0 Å². The average Bonchev–Trinajstić information content (AvgIpc) is 3.78. The molecule has 5 heteroatoms. The van der Waals surface area contributed by atoms with Gasteiger partial charge in [-0.25, -0.2) is 15.0 Å². The van der Waals surface area contributed by atoms with Crippen LogP contribution in [0.2, 0.25) is 0 Å². The van der Waals surface area contributed by atoms with Gasteiger partial charge in [-0.1, -0.05) is 115 Å². The number of furan rings is 1. The fourth-order valence-electron chi connectivity index (χ4n) is 7.79. The Morgan fingerprint density at radius 1 is 0.333 bits per heavy atom. The third-order valence-corrected chi connectivity index (χ3v) is 10.4. The molecular weight excluding hydrogens is 661 g/mol. The van der Waals surface area contributed by atoms with Crippen LogP contribution in [0.3, 0.4) is 0 Å². The molecule has 0 bridgehead atoms. The monoisotopic (exact) mass is 690 g/mol. The normalized spacial score (nSPS) is 11.7. The number of hydrogen-bond donors (Lipinski definition) is 0. The first-order valence-electron chi connectivity index (χ1n) is 18.1. The molecule has 252 valence electrons. The Bertz CT molecular complexity index is 3210. The van der Waals surface area contributed by atoms with E-state index in [0.717, 1.165) is 55.4 Å². The molecule has 8 aromatic carbocycles. The van der Waals surface area contributed by atoms with E-state index < -0.39 is 0 Å². The summed E-state index contributed by atoms with van der Waals surface area (Å²) in [5.74, 6) is 1.79. The van der Waals surface area contributed by atoms with Gasteiger partial charge < -0.3 is 8.98 Å². The molecule has 0 unspecified atom stereocenters. The molecule has 3 heterocycles. The number of nitrogens with zero attached hydrogens (tertiary/aromatic N) is 4. The van der Waals surface area contributed by atoms with Crippen LogP contribution in [0.4, 0.5) is 0 Å². The van der Waals surface area contributed by atoms with Crippen LogP contribution >= 0.6 is 0 Å². The molecule has 11 rings (SSSR count). The Labute approximate surface area is 310 Å². The van der Waals surface area contributed by atoms with E-state index in [0.29, 0.717) is 17.5 Å². The van der Waals surface area contributed by atoms with E-state index in [1.165, 1.54) is 32.6 Å². The number of rotatable bonds is 5. The maximum absolute atomic E-state index is 6.27. The van der Waals surface area contributed by atoms with Crippen LogP contribution in [0.25, 0.3) is 105 Å². The summed E-state index contributed by atoms with van der Waals surface area (Å²) < 4.78 is 8.62. The Hall–Kier alpha value is -7.37. The zero-order chi connectivity index (χ0) is 35.6. The van der Waals surface area contributed by atoms with Gasteiger partial charge in [-0.2, -0.15) is 0 Å². The lowest BCUT2D eigenvalue weighted by Gasteiger charge is -2.11. The lowest BCUT2D eigenvalue weighted by atomic mass is 10.0. The number of benzene rings is 8. The highest BCUT2D eigenvalue weighted by Crippen LogP contribution is 2.36. The van der Waals surface area contributed by atoms with E-state index in [9.17, 15) is 0 Å². The molecule has 5 nitrogen and oxygen atoms in total. The van der Waals surface area contributed by atoms with Gasteiger partial charge in [0.15, 0.2) is 17.5 Å². The Morgan fingerprint density at radius 3 is 1.74 bits per heavy atom. The lowest BCUT2D eigenvalue weighted by molar-refractivity contribution is 0.669. The van der Waals surface area contributed by atoms with Crippen molar-refractivity contribution in [1.29, 1.82) is 0 Å². The molecule has 0 saturated carbocycles. The molecule has 0 N–H and O–H groups in total. The number of hydrogen-bond acceptors (Lipinski definition) is 4. The van der Waals surface area contributed by atoms with Gasteiger partial charge in [0.1, 0.15) is 11.2 Å². The predicted octanol–water partition coefficient (Wildman–Crippen LogP) is 12.7. The van der Waals surface area contributed by atoms with Gasteiger partial charge in [0.05, 0.1) is 11.0 Å². The summed E-state index contributed by atoms with van der Waals surface area (Å²) >= 11 is 0. The Kier molecular flexibility index (Phi) is 6.79. The van der Waals surface area contributed by atoms with E-state index in [1.54, 1.807) is 0 Å². The SMILES string of the molecule is c1ccc(-c2cccc(-c3nc(-c4ccc(-n5c6ccccc6c6cc7ccccc7cc65)cc4)nc(-c4ccc5c(c4)oc4ccccc45)n3)c2)cc1. The second kappa shape index (κ2) is 12.1. The molecule has 11 aromatic rings. The zero-order valence-electron chi connectivity index (χ0n) is 29.0. The molecule has 54 heavy (non-hydrogen) atoms. The fraction of sp³-hybridized carbons (Fsp3) is 0. The summed E-state index contributed by atoms with van der Waals surface area (Å²) in [7, 11) is 0. The van der Waals surface area contributed by atoms with Crippen molar-refractivity contribution in [1.82, 2.24) is 19.5 Å². The average molecular weight is 691 g/mol. The fourth-order valence-corrected chi connectivity index (χ4v) is 7.79. The van der Waals surface area contributed by atoms with E-state index >= 15 is 0 Å². The standard InChI is InChI=1S/C49H30N4O/c1-2-11-31(12-3-1)33-15-10-16-36(27-33)48-50-47(51-49(52-48)37-23-26-41-40-18-7-9-20-45(40)54-46(41)30-37)32-21-24-38(25-22-32)53-43-19-8-6-17-39(43)42-28-34-13-4-5-14-35(34)29-44(42)53/h1-30H. The number of fused-ring (bicyclic) bond motifs is 7. The molecule has 0 aliphatic carbocycles. The smallest absolute Gasteiger partial charge is 0.164 e. The predicted molar refractivity (Wildman–Crippen MR) is 221 cm³/mol. The summed E-state index contributed by atoms with van der Waals surface area (Å²) in [6.07, 6.45) is 0. The van der Waals surface area contributed by atoms with Crippen LogP contribution in [0, 0.1) is 0 Å². The molecule has 0 aliphatic heterocycles. The highest BCUT2D eigenvalue weighted by atomic mass is 16.3. The van der Waals surface area contributed by atoms with Crippen molar-refractivity contribution in [3.63, 3.8) is 0 Å². The number of para-hydroxylation sites is 2. The maximum atomic E-state index is 6.27. The van der Waals surface area contributed by atoms with Crippen LogP contribution in [0.1, 0.15) is 0 Å². The van der Waals surface area contributed by atoms with Gasteiger partial charge in [-0.15, -0.1) is 0 Å². The minimum absolute atomic E-state index is 0.584. The molecular formula is C49H30N4O. The van der Waals surface area contributed by atoms with Gasteiger partial charge in [-0.3, -0.25) is 0 Å². The first-order chi connectivity index (χ1) is 26.7. The Balaban J connectivity index is 1.06. The first kappa shape index (κ1) is 30.3. The highest BCUT2D eigenvalue weighted by molar-refractivity contribution is 6.13. The number of aromatic nitrogens is 4. The van der Waals surface area contributed by atoms with E-state index in [4.69, 9.17) is 19.4 Å². The van der Waals surface area contributed by atoms with Crippen molar-refractivity contribution in [2.45, 2.75) is 0 Å². The first-order valence-corrected chi connectivity index (χ1v) is 18.1. The van der Waals surface area contributed by atoms with Crippen molar-refractivity contribution in [3.8, 4) is 51.0 Å². The van der Waals surface area contributed by atoms with Crippen molar-refractivity contribution < 1.29 is 4.42 Å². The molecule has 0 spiro atoms. The molecule has 3 aromatic heterocycles. The van der Waals surface area contributed by atoms with E-state index in [-0.39, 0.29) is 0 Å².